The van der Waals surface area contributed by atoms with E-state index in [9.17, 15) is 22.4 Å². The summed E-state index contributed by atoms with van der Waals surface area (Å²) in [5, 5.41) is 2.61. The lowest BCUT2D eigenvalue weighted by Crippen LogP contribution is -2.34. The lowest BCUT2D eigenvalue weighted by Gasteiger charge is -2.18. The van der Waals surface area contributed by atoms with Crippen LogP contribution >= 0.6 is 22.9 Å². The van der Waals surface area contributed by atoms with Gasteiger partial charge in [0.2, 0.25) is 0 Å². The van der Waals surface area contributed by atoms with Crippen LogP contribution in [-0.2, 0) is 10.0 Å². The highest BCUT2D eigenvalue weighted by molar-refractivity contribution is 7.92. The number of nitrogens with one attached hydrogen (secondary N) is 2. The van der Waals surface area contributed by atoms with Gasteiger partial charge in [0, 0.05) is 24.5 Å². The van der Waals surface area contributed by atoms with Crippen LogP contribution < -0.4 is 20.5 Å². The smallest absolute Gasteiger partial charge is 0.333 e. The first-order chi connectivity index (χ1) is 17.2. The first-order valence-electron chi connectivity index (χ1n) is 10.9. The molecule has 1 aliphatic rings. The van der Waals surface area contributed by atoms with E-state index in [0.717, 1.165) is 53.6 Å². The Labute approximate surface area is 214 Å². The van der Waals surface area contributed by atoms with Crippen LogP contribution in [0.15, 0.2) is 63.9 Å². The molecule has 0 bridgehead atoms. The number of halogens is 2. The molecule has 0 saturated carbocycles. The van der Waals surface area contributed by atoms with Crippen LogP contribution in [0.1, 0.15) is 12.8 Å². The van der Waals surface area contributed by atoms with E-state index in [4.69, 9.17) is 11.6 Å². The summed E-state index contributed by atoms with van der Waals surface area (Å²) in [5.74, 6) is -0.808. The van der Waals surface area contributed by atoms with Gasteiger partial charge in [0.25, 0.3) is 15.6 Å². The van der Waals surface area contributed by atoms with Crippen molar-refractivity contribution in [2.45, 2.75) is 17.1 Å². The Morgan fingerprint density at radius 3 is 2.56 bits per heavy atom. The molecule has 36 heavy (non-hydrogen) atoms. The summed E-state index contributed by atoms with van der Waals surface area (Å²) in [6.07, 6.45) is 3.51. The number of thiophene rings is 1. The monoisotopic (exact) mass is 547 g/mol. The number of carbonyl (C=O) groups is 1. The van der Waals surface area contributed by atoms with Crippen molar-refractivity contribution in [3.63, 3.8) is 0 Å². The molecule has 2 aromatic carbocycles. The van der Waals surface area contributed by atoms with E-state index < -0.39 is 27.4 Å². The standard InChI is InChI=1S/C23H19ClFN5O4S2/c24-20-7-8-21(35-20)36(33,34)28-23(32)27-14-3-6-19(17(25)11-14)30-13-26-18-12-15(29-9-1-2-10-29)4-5-16(18)22(30)31/h3-8,11-13H,1-2,9-10H2,(H2,27,28,32). The number of sulfonamides is 1. The number of rotatable bonds is 5. The maximum Gasteiger partial charge on any atom is 0.333 e. The second kappa shape index (κ2) is 9.52. The topological polar surface area (TPSA) is 113 Å². The van der Waals surface area contributed by atoms with Gasteiger partial charge in [-0.2, -0.15) is 0 Å². The highest BCUT2D eigenvalue weighted by atomic mass is 35.5. The summed E-state index contributed by atoms with van der Waals surface area (Å²) in [6.45, 7) is 1.92. The quantitative estimate of drug-likeness (QED) is 0.384. The van der Waals surface area contributed by atoms with E-state index in [1.165, 1.54) is 30.6 Å². The lowest BCUT2D eigenvalue weighted by molar-refractivity contribution is 0.256. The predicted molar refractivity (Wildman–Crippen MR) is 137 cm³/mol. The molecule has 13 heteroatoms. The van der Waals surface area contributed by atoms with Crippen molar-refractivity contribution >= 4 is 61.3 Å². The van der Waals surface area contributed by atoms with Gasteiger partial charge in [-0.25, -0.2) is 27.3 Å². The number of urea groups is 1. The second-order valence-electron chi connectivity index (χ2n) is 8.10. The maximum absolute atomic E-state index is 14.9. The molecular weight excluding hydrogens is 529 g/mol. The third kappa shape index (κ3) is 4.79. The highest BCUT2D eigenvalue weighted by Crippen LogP contribution is 2.26. The SMILES string of the molecule is O=C(Nc1ccc(-n2cnc3cc(N4CCCC4)ccc3c2=O)c(F)c1)NS(=O)(=O)c1ccc(Cl)s1. The molecule has 5 rings (SSSR count). The van der Waals surface area contributed by atoms with Crippen LogP contribution in [0.4, 0.5) is 20.6 Å². The van der Waals surface area contributed by atoms with Crippen LogP contribution in [0.5, 0.6) is 0 Å². The van der Waals surface area contributed by atoms with Crippen molar-refractivity contribution in [1.82, 2.24) is 14.3 Å². The van der Waals surface area contributed by atoms with Crippen molar-refractivity contribution < 1.29 is 17.6 Å². The number of aromatic nitrogens is 2. The Morgan fingerprint density at radius 2 is 1.86 bits per heavy atom. The molecule has 0 spiro atoms. The van der Waals surface area contributed by atoms with Crippen LogP contribution in [0, 0.1) is 5.82 Å². The number of fused-ring (bicyclic) bond motifs is 1. The summed E-state index contributed by atoms with van der Waals surface area (Å²) in [6, 6.07) is 10.6. The molecule has 0 unspecified atom stereocenters. The fourth-order valence-electron chi connectivity index (χ4n) is 4.00. The third-order valence-electron chi connectivity index (χ3n) is 5.72. The van der Waals surface area contributed by atoms with Gasteiger partial charge in [-0.05, 0) is 61.4 Å². The van der Waals surface area contributed by atoms with Crippen molar-refractivity contribution in [3.8, 4) is 5.69 Å². The summed E-state index contributed by atoms with van der Waals surface area (Å²) in [5.41, 5.74) is 0.999. The Bertz CT molecular complexity index is 1650. The zero-order valence-electron chi connectivity index (χ0n) is 18.6. The van der Waals surface area contributed by atoms with E-state index in [0.29, 0.717) is 10.9 Å². The molecule has 3 heterocycles. The summed E-state index contributed by atoms with van der Waals surface area (Å²) in [4.78, 5) is 31.8. The molecule has 9 nitrogen and oxygen atoms in total. The summed E-state index contributed by atoms with van der Waals surface area (Å²) >= 11 is 6.53. The van der Waals surface area contributed by atoms with Gasteiger partial charge < -0.3 is 10.2 Å². The summed E-state index contributed by atoms with van der Waals surface area (Å²) in [7, 11) is -4.13. The highest BCUT2D eigenvalue weighted by Gasteiger charge is 2.20. The summed E-state index contributed by atoms with van der Waals surface area (Å²) < 4.78 is 42.5. The van der Waals surface area contributed by atoms with E-state index in [-0.39, 0.29) is 19.9 Å². The molecular formula is C23H19ClFN5O4S2. The Hall–Kier alpha value is -3.48. The Balaban J connectivity index is 1.36. The van der Waals surface area contributed by atoms with Crippen molar-refractivity contribution in [1.29, 1.82) is 0 Å². The van der Waals surface area contributed by atoms with E-state index in [2.05, 4.69) is 15.2 Å². The molecule has 1 fully saturated rings. The van der Waals surface area contributed by atoms with Gasteiger partial charge in [-0.1, -0.05) is 11.6 Å². The van der Waals surface area contributed by atoms with Crippen molar-refractivity contribution in [2.75, 3.05) is 23.3 Å². The number of carbonyl (C=O) groups excluding carboxylic acids is 1. The van der Waals surface area contributed by atoms with Gasteiger partial charge in [0.05, 0.1) is 20.9 Å². The van der Waals surface area contributed by atoms with Crippen LogP contribution in [-0.4, -0.2) is 37.1 Å². The molecule has 4 aromatic rings. The Morgan fingerprint density at radius 1 is 1.08 bits per heavy atom. The van der Waals surface area contributed by atoms with Crippen molar-refractivity contribution in [3.05, 3.63) is 75.4 Å². The van der Waals surface area contributed by atoms with Crippen LogP contribution in [0.2, 0.25) is 4.34 Å². The molecule has 1 aliphatic heterocycles. The van der Waals surface area contributed by atoms with Gasteiger partial charge in [0.1, 0.15) is 16.4 Å². The van der Waals surface area contributed by atoms with E-state index >= 15 is 0 Å². The molecule has 2 N–H and O–H groups in total. The van der Waals surface area contributed by atoms with Gasteiger partial charge in [0.15, 0.2) is 0 Å². The predicted octanol–water partition coefficient (Wildman–Crippen LogP) is 4.35. The normalized spacial score (nSPS) is 13.8. The molecule has 0 atom stereocenters. The van der Waals surface area contributed by atoms with E-state index in [1.54, 1.807) is 6.07 Å². The molecule has 0 aliphatic carbocycles. The number of amides is 2. The van der Waals surface area contributed by atoms with Gasteiger partial charge in [-0.3, -0.25) is 9.36 Å². The minimum absolute atomic E-state index is 0.00906. The average molecular weight is 548 g/mol. The van der Waals surface area contributed by atoms with Crippen LogP contribution in [0.3, 0.4) is 0 Å². The minimum Gasteiger partial charge on any atom is -0.371 e. The fourth-order valence-corrected chi connectivity index (χ4v) is 6.39. The lowest BCUT2D eigenvalue weighted by atomic mass is 10.2. The number of hydrogen-bond acceptors (Lipinski definition) is 7. The number of hydrogen-bond donors (Lipinski definition) is 2. The molecule has 2 amide bonds. The molecule has 0 radical (unpaired) electrons. The molecule has 186 valence electrons. The zero-order chi connectivity index (χ0) is 25.4. The largest absolute Gasteiger partial charge is 0.371 e. The average Bonchev–Trinajstić information content (AvgIpc) is 3.52. The number of nitrogens with zero attached hydrogens (tertiary/aromatic N) is 3. The number of anilines is 2. The first kappa shape index (κ1) is 24.2. The van der Waals surface area contributed by atoms with Gasteiger partial charge in [-0.15, -0.1) is 11.3 Å². The Kier molecular flexibility index (Phi) is 6.41. The third-order valence-corrected chi connectivity index (χ3v) is 8.77. The van der Waals surface area contributed by atoms with Crippen LogP contribution in [0.25, 0.3) is 16.6 Å². The molecule has 1 saturated heterocycles. The zero-order valence-corrected chi connectivity index (χ0v) is 21.0. The number of benzene rings is 2. The molecule has 2 aromatic heterocycles. The first-order valence-corrected chi connectivity index (χ1v) is 13.5. The van der Waals surface area contributed by atoms with Crippen molar-refractivity contribution in [2.24, 2.45) is 0 Å². The maximum atomic E-state index is 14.9. The minimum atomic E-state index is -4.13. The fraction of sp³-hybridized carbons (Fsp3) is 0.174. The second-order valence-corrected chi connectivity index (χ2v) is 11.7. The van der Waals surface area contributed by atoms with E-state index in [1.807, 2.05) is 16.9 Å². The van der Waals surface area contributed by atoms with Gasteiger partial charge >= 0.3 is 6.03 Å².